The SMILES string of the molecule is c1ccc2c(c1)CN(Cc1ccno1)CC1(CCC1)O2. The van der Waals surface area contributed by atoms with Crippen molar-refractivity contribution < 1.29 is 9.26 Å². The van der Waals surface area contributed by atoms with E-state index in [0.29, 0.717) is 0 Å². The van der Waals surface area contributed by atoms with E-state index in [4.69, 9.17) is 9.26 Å². The molecular weight excluding hydrogens is 252 g/mol. The molecule has 0 unspecified atom stereocenters. The topological polar surface area (TPSA) is 38.5 Å². The quantitative estimate of drug-likeness (QED) is 0.841. The minimum absolute atomic E-state index is 0.00657. The third-order valence-corrected chi connectivity index (χ3v) is 4.34. The number of nitrogens with zero attached hydrogens (tertiary/aromatic N) is 2. The van der Waals surface area contributed by atoms with E-state index in [1.165, 1.54) is 12.0 Å². The van der Waals surface area contributed by atoms with Crippen LogP contribution in [0.1, 0.15) is 30.6 Å². The predicted octanol–water partition coefficient (Wildman–Crippen LogP) is 2.99. The summed E-state index contributed by atoms with van der Waals surface area (Å²) in [6, 6.07) is 10.3. The Bertz CT molecular complexity index is 590. The molecule has 20 heavy (non-hydrogen) atoms. The standard InChI is InChI=1S/C16H18N2O2/c1-2-5-15-13(4-1)10-18(11-14-6-9-17-20-14)12-16(19-15)7-3-8-16/h1-2,4-6,9H,3,7-8,10-12H2. The number of hydrogen-bond acceptors (Lipinski definition) is 4. The fourth-order valence-corrected chi connectivity index (χ4v) is 3.19. The largest absolute Gasteiger partial charge is 0.486 e. The van der Waals surface area contributed by atoms with Crippen LogP contribution in [0.15, 0.2) is 41.1 Å². The van der Waals surface area contributed by atoms with Crippen LogP contribution in [0.2, 0.25) is 0 Å². The maximum absolute atomic E-state index is 6.34. The molecule has 0 radical (unpaired) electrons. The molecule has 4 heteroatoms. The minimum Gasteiger partial charge on any atom is -0.486 e. The first-order valence-electron chi connectivity index (χ1n) is 7.22. The average molecular weight is 270 g/mol. The van der Waals surface area contributed by atoms with Crippen molar-refractivity contribution in [1.29, 1.82) is 0 Å². The van der Waals surface area contributed by atoms with E-state index in [1.54, 1.807) is 6.20 Å². The van der Waals surface area contributed by atoms with Gasteiger partial charge in [0.25, 0.3) is 0 Å². The minimum atomic E-state index is 0.00657. The maximum Gasteiger partial charge on any atom is 0.150 e. The lowest BCUT2D eigenvalue weighted by Crippen LogP contribution is -2.50. The molecule has 2 aromatic rings. The Morgan fingerprint density at radius 1 is 1.20 bits per heavy atom. The Kier molecular flexibility index (Phi) is 2.77. The van der Waals surface area contributed by atoms with E-state index in [9.17, 15) is 0 Å². The summed E-state index contributed by atoms with van der Waals surface area (Å²) in [5.41, 5.74) is 1.27. The molecule has 0 saturated heterocycles. The second kappa shape index (κ2) is 4.63. The van der Waals surface area contributed by atoms with Gasteiger partial charge in [-0.25, -0.2) is 0 Å². The van der Waals surface area contributed by atoms with Gasteiger partial charge >= 0.3 is 0 Å². The highest BCUT2D eigenvalue weighted by atomic mass is 16.5. The zero-order valence-electron chi connectivity index (χ0n) is 11.4. The first-order valence-corrected chi connectivity index (χ1v) is 7.22. The maximum atomic E-state index is 6.34. The van der Waals surface area contributed by atoms with Crippen LogP contribution in [0.3, 0.4) is 0 Å². The summed E-state index contributed by atoms with van der Waals surface area (Å²) >= 11 is 0. The van der Waals surface area contributed by atoms with Crippen molar-refractivity contribution in [3.8, 4) is 5.75 Å². The van der Waals surface area contributed by atoms with E-state index in [-0.39, 0.29) is 5.60 Å². The molecule has 4 rings (SSSR count). The van der Waals surface area contributed by atoms with Crippen LogP contribution >= 0.6 is 0 Å². The normalized spacial score (nSPS) is 20.8. The third kappa shape index (κ3) is 2.10. The van der Waals surface area contributed by atoms with Gasteiger partial charge < -0.3 is 9.26 Å². The van der Waals surface area contributed by atoms with Crippen LogP contribution in [0.5, 0.6) is 5.75 Å². The van der Waals surface area contributed by atoms with Gasteiger partial charge in [-0.3, -0.25) is 4.90 Å². The molecule has 0 bridgehead atoms. The average Bonchev–Trinajstić information content (AvgIpc) is 2.84. The molecule has 1 saturated carbocycles. The number of fused-ring (bicyclic) bond motifs is 1. The Labute approximate surface area is 118 Å². The Hall–Kier alpha value is -1.81. The smallest absolute Gasteiger partial charge is 0.150 e. The zero-order valence-corrected chi connectivity index (χ0v) is 11.4. The number of ether oxygens (including phenoxy) is 1. The van der Waals surface area contributed by atoms with Crippen molar-refractivity contribution in [3.63, 3.8) is 0 Å². The number of rotatable bonds is 2. The summed E-state index contributed by atoms with van der Waals surface area (Å²) in [4.78, 5) is 2.41. The molecule has 4 nitrogen and oxygen atoms in total. The fourth-order valence-electron chi connectivity index (χ4n) is 3.19. The van der Waals surface area contributed by atoms with E-state index in [1.807, 2.05) is 6.07 Å². The lowest BCUT2D eigenvalue weighted by atomic mass is 9.79. The van der Waals surface area contributed by atoms with Gasteiger partial charge in [-0.2, -0.15) is 0 Å². The van der Waals surface area contributed by atoms with Crippen LogP contribution in [0.25, 0.3) is 0 Å². The highest BCUT2D eigenvalue weighted by Crippen LogP contribution is 2.41. The van der Waals surface area contributed by atoms with Gasteiger partial charge in [-0.05, 0) is 25.3 Å². The van der Waals surface area contributed by atoms with Gasteiger partial charge in [0.15, 0.2) is 5.76 Å². The molecule has 2 heterocycles. The number of hydrogen-bond donors (Lipinski definition) is 0. The van der Waals surface area contributed by atoms with Crippen LogP contribution < -0.4 is 4.74 Å². The van der Waals surface area contributed by atoms with Gasteiger partial charge in [0.05, 0.1) is 12.7 Å². The molecule has 1 spiro atoms. The highest BCUT2D eigenvalue weighted by molar-refractivity contribution is 5.35. The number of para-hydroxylation sites is 1. The van der Waals surface area contributed by atoms with Gasteiger partial charge in [-0.15, -0.1) is 0 Å². The fraction of sp³-hybridized carbons (Fsp3) is 0.438. The van der Waals surface area contributed by atoms with Crippen LogP contribution in [-0.2, 0) is 13.1 Å². The molecule has 0 atom stereocenters. The molecule has 1 aliphatic heterocycles. The second-order valence-corrected chi connectivity index (χ2v) is 5.87. The molecule has 1 aromatic heterocycles. The van der Waals surface area contributed by atoms with E-state index in [0.717, 1.165) is 44.0 Å². The molecule has 0 amide bonds. The lowest BCUT2D eigenvalue weighted by molar-refractivity contribution is -0.0314. The first-order chi connectivity index (χ1) is 9.83. The molecule has 1 aliphatic carbocycles. The van der Waals surface area contributed by atoms with E-state index in [2.05, 4.69) is 34.3 Å². The van der Waals surface area contributed by atoms with Crippen molar-refractivity contribution in [2.45, 2.75) is 38.0 Å². The Morgan fingerprint density at radius 2 is 2.10 bits per heavy atom. The van der Waals surface area contributed by atoms with Crippen molar-refractivity contribution >= 4 is 0 Å². The Balaban J connectivity index is 1.63. The zero-order chi connectivity index (χ0) is 13.4. The van der Waals surface area contributed by atoms with Crippen molar-refractivity contribution in [3.05, 3.63) is 47.9 Å². The summed E-state index contributed by atoms with van der Waals surface area (Å²) in [5, 5.41) is 3.79. The van der Waals surface area contributed by atoms with Gasteiger partial charge in [-0.1, -0.05) is 23.4 Å². The summed E-state index contributed by atoms with van der Waals surface area (Å²) in [6.45, 7) is 2.65. The van der Waals surface area contributed by atoms with Crippen LogP contribution in [-0.4, -0.2) is 22.2 Å². The van der Waals surface area contributed by atoms with Crippen LogP contribution in [0, 0.1) is 0 Å². The first kappa shape index (κ1) is 12.0. The van der Waals surface area contributed by atoms with Crippen molar-refractivity contribution in [1.82, 2.24) is 10.1 Å². The second-order valence-electron chi connectivity index (χ2n) is 5.87. The van der Waals surface area contributed by atoms with Crippen LogP contribution in [0.4, 0.5) is 0 Å². The molecule has 0 N–H and O–H groups in total. The van der Waals surface area contributed by atoms with Gasteiger partial charge in [0, 0.05) is 24.7 Å². The predicted molar refractivity (Wildman–Crippen MR) is 74.3 cm³/mol. The Morgan fingerprint density at radius 3 is 2.85 bits per heavy atom. The summed E-state index contributed by atoms with van der Waals surface area (Å²) < 4.78 is 11.6. The molecule has 1 aromatic carbocycles. The van der Waals surface area contributed by atoms with Crippen molar-refractivity contribution in [2.75, 3.05) is 6.54 Å². The summed E-state index contributed by atoms with van der Waals surface area (Å²) in [5.74, 6) is 1.96. The lowest BCUT2D eigenvalue weighted by Gasteiger charge is -2.43. The third-order valence-electron chi connectivity index (χ3n) is 4.34. The molecule has 2 aliphatic rings. The van der Waals surface area contributed by atoms with E-state index >= 15 is 0 Å². The van der Waals surface area contributed by atoms with Gasteiger partial charge in [0.2, 0.25) is 0 Å². The highest BCUT2D eigenvalue weighted by Gasteiger charge is 2.43. The van der Waals surface area contributed by atoms with E-state index < -0.39 is 0 Å². The number of benzene rings is 1. The summed E-state index contributed by atoms with van der Waals surface area (Å²) in [7, 11) is 0. The monoisotopic (exact) mass is 270 g/mol. The molecular formula is C16H18N2O2. The molecule has 104 valence electrons. The molecule has 1 fully saturated rings. The summed E-state index contributed by atoms with van der Waals surface area (Å²) in [6.07, 6.45) is 5.26. The van der Waals surface area contributed by atoms with Gasteiger partial charge in [0.1, 0.15) is 11.4 Å². The number of aromatic nitrogens is 1. The van der Waals surface area contributed by atoms with Crippen molar-refractivity contribution in [2.24, 2.45) is 0 Å².